The number of amides is 3. The molecular formula is C33H32N6O8. The van der Waals surface area contributed by atoms with E-state index in [4.69, 9.17) is 9.47 Å². The minimum absolute atomic E-state index is 0.0356. The summed E-state index contributed by atoms with van der Waals surface area (Å²) >= 11 is 0. The second-order valence-corrected chi connectivity index (χ2v) is 9.58. The summed E-state index contributed by atoms with van der Waals surface area (Å²) in [7, 11) is 3.01. The van der Waals surface area contributed by atoms with Crippen LogP contribution in [0, 0.1) is 0 Å². The normalized spacial score (nSPS) is 13.7. The van der Waals surface area contributed by atoms with Gasteiger partial charge in [0.1, 0.15) is 0 Å². The zero-order valence-corrected chi connectivity index (χ0v) is 26.0. The number of carbonyl (C=O) groups is 5. The van der Waals surface area contributed by atoms with E-state index in [1.54, 1.807) is 38.1 Å². The van der Waals surface area contributed by atoms with Crippen LogP contribution in [-0.4, -0.2) is 77.6 Å². The molecule has 0 fully saturated rings. The first kappa shape index (κ1) is 33.6. The second-order valence-electron chi connectivity index (χ2n) is 9.58. The fourth-order valence-electron chi connectivity index (χ4n) is 4.36. The van der Waals surface area contributed by atoms with Gasteiger partial charge in [0.25, 0.3) is 17.7 Å². The Bertz CT molecular complexity index is 1820. The molecule has 1 aromatic heterocycles. The van der Waals surface area contributed by atoms with Crippen LogP contribution in [-0.2, 0) is 19.1 Å². The summed E-state index contributed by atoms with van der Waals surface area (Å²) in [5, 5.41) is 25.5. The average Bonchev–Trinajstić information content (AvgIpc) is 3.60. The predicted octanol–water partition coefficient (Wildman–Crippen LogP) is 2.94. The summed E-state index contributed by atoms with van der Waals surface area (Å²) in [5.41, 5.74) is 1.17. The van der Waals surface area contributed by atoms with E-state index in [0.29, 0.717) is 22.5 Å². The number of nitrogens with one attached hydrogen (secondary N) is 2. The van der Waals surface area contributed by atoms with E-state index in [1.807, 2.05) is 0 Å². The van der Waals surface area contributed by atoms with Gasteiger partial charge in [0.2, 0.25) is 5.88 Å². The highest BCUT2D eigenvalue weighted by Crippen LogP contribution is 2.28. The van der Waals surface area contributed by atoms with E-state index >= 15 is 0 Å². The van der Waals surface area contributed by atoms with Crippen molar-refractivity contribution in [1.29, 1.82) is 0 Å². The van der Waals surface area contributed by atoms with Gasteiger partial charge in [0, 0.05) is 25.2 Å². The molecule has 0 saturated heterocycles. The van der Waals surface area contributed by atoms with Gasteiger partial charge < -0.3 is 25.2 Å². The summed E-state index contributed by atoms with van der Waals surface area (Å²) in [6, 6.07) is 12.3. The van der Waals surface area contributed by atoms with Gasteiger partial charge in [0.15, 0.2) is 11.4 Å². The second kappa shape index (κ2) is 15.1. The first-order valence-corrected chi connectivity index (χ1v) is 14.4. The highest BCUT2D eigenvalue weighted by Gasteiger charge is 2.35. The van der Waals surface area contributed by atoms with Crippen LogP contribution in [0.3, 0.4) is 0 Å². The molecule has 47 heavy (non-hydrogen) atoms. The number of rotatable bonds is 11. The molecule has 0 aliphatic carbocycles. The van der Waals surface area contributed by atoms with Crippen molar-refractivity contribution in [3.05, 3.63) is 101 Å². The maximum atomic E-state index is 13.3. The van der Waals surface area contributed by atoms with Crippen molar-refractivity contribution >= 4 is 47.1 Å². The largest absolute Gasteiger partial charge is 0.493 e. The number of hydrogen-bond donors (Lipinski definition) is 3. The Morgan fingerprint density at radius 2 is 1.36 bits per heavy atom. The van der Waals surface area contributed by atoms with E-state index in [-0.39, 0.29) is 53.5 Å². The van der Waals surface area contributed by atoms with Gasteiger partial charge in [-0.05, 0) is 74.5 Å². The van der Waals surface area contributed by atoms with Crippen LogP contribution >= 0.6 is 0 Å². The third kappa shape index (κ3) is 7.33. The molecule has 4 rings (SSSR count). The first-order valence-electron chi connectivity index (χ1n) is 14.4. The molecule has 14 heteroatoms. The van der Waals surface area contributed by atoms with Crippen molar-refractivity contribution in [1.82, 2.24) is 20.4 Å². The van der Waals surface area contributed by atoms with Crippen LogP contribution in [0.5, 0.6) is 5.88 Å². The third-order valence-corrected chi connectivity index (χ3v) is 6.66. The lowest BCUT2D eigenvalue weighted by molar-refractivity contribution is -0.135. The fourth-order valence-corrected chi connectivity index (χ4v) is 4.36. The lowest BCUT2D eigenvalue weighted by Gasteiger charge is -2.11. The van der Waals surface area contributed by atoms with Crippen molar-refractivity contribution in [2.75, 3.05) is 32.3 Å². The number of anilines is 1. The number of benzene rings is 2. The molecule has 0 bridgehead atoms. The smallest absolute Gasteiger partial charge is 0.359 e. The van der Waals surface area contributed by atoms with Crippen molar-refractivity contribution in [2.45, 2.75) is 13.8 Å². The van der Waals surface area contributed by atoms with Crippen molar-refractivity contribution in [3.8, 4) is 11.6 Å². The van der Waals surface area contributed by atoms with E-state index in [0.717, 1.165) is 9.69 Å². The molecular weight excluding hydrogens is 608 g/mol. The van der Waals surface area contributed by atoms with Gasteiger partial charge in [-0.15, -0.1) is 0 Å². The predicted molar refractivity (Wildman–Crippen MR) is 172 cm³/mol. The topological polar surface area (TPSA) is 182 Å². The Labute approximate surface area is 269 Å². The highest BCUT2D eigenvalue weighted by molar-refractivity contribution is 6.53. The Kier molecular flexibility index (Phi) is 10.8. The molecule has 2 aromatic carbocycles. The summed E-state index contributed by atoms with van der Waals surface area (Å²) in [5.74, 6) is -3.09. The summed E-state index contributed by atoms with van der Waals surface area (Å²) < 4.78 is 11.3. The maximum absolute atomic E-state index is 13.3. The van der Waals surface area contributed by atoms with Crippen LogP contribution in [0.4, 0.5) is 5.69 Å². The number of hydrogen-bond acceptors (Lipinski definition) is 10. The Morgan fingerprint density at radius 1 is 0.809 bits per heavy atom. The van der Waals surface area contributed by atoms with E-state index in [9.17, 15) is 29.1 Å². The minimum Gasteiger partial charge on any atom is -0.493 e. The molecule has 0 spiro atoms. The quantitative estimate of drug-likeness (QED) is 0.161. The molecule has 1 aliphatic heterocycles. The number of aromatic nitrogens is 2. The van der Waals surface area contributed by atoms with Gasteiger partial charge >= 0.3 is 11.9 Å². The van der Waals surface area contributed by atoms with Crippen molar-refractivity contribution in [3.63, 3.8) is 0 Å². The van der Waals surface area contributed by atoms with Gasteiger partial charge in [-0.1, -0.05) is 18.2 Å². The molecule has 14 nitrogen and oxygen atoms in total. The van der Waals surface area contributed by atoms with Gasteiger partial charge in [0.05, 0.1) is 35.7 Å². The fraction of sp³-hybridized carbons (Fsp3) is 0.182. The number of nitrogens with zero attached hydrogens (tertiary/aromatic N) is 4. The number of carbonyl (C=O) groups excluding carboxylic acids is 5. The zero-order valence-electron chi connectivity index (χ0n) is 26.0. The molecule has 3 amide bonds. The molecule has 242 valence electrons. The highest BCUT2D eigenvalue weighted by atomic mass is 16.5. The molecule has 3 aromatic rings. The Morgan fingerprint density at radius 3 is 1.91 bits per heavy atom. The van der Waals surface area contributed by atoms with Crippen LogP contribution in [0.2, 0.25) is 0 Å². The number of aromatic hydroxyl groups is 1. The Balaban J connectivity index is 1.62. The third-order valence-electron chi connectivity index (χ3n) is 6.66. The SMILES string of the molecule is CCOC(=O)C1=NN(c2ccc(C(=O)NC)cc2)C(=O)C1=CC=CC=Cc1c(C(=O)OCC)nn(-c2ccc(C(=O)NC)cc2)c1O. The van der Waals surface area contributed by atoms with Gasteiger partial charge in [-0.25, -0.2) is 9.59 Å². The number of allylic oxidation sites excluding steroid dienone is 4. The number of esters is 2. The minimum atomic E-state index is -0.791. The summed E-state index contributed by atoms with van der Waals surface area (Å²) in [6.45, 7) is 3.41. The number of hydrazone groups is 1. The molecule has 0 atom stereocenters. The molecule has 3 N–H and O–H groups in total. The van der Waals surface area contributed by atoms with Crippen molar-refractivity contribution < 1.29 is 38.6 Å². The van der Waals surface area contributed by atoms with E-state index in [2.05, 4.69) is 20.8 Å². The van der Waals surface area contributed by atoms with E-state index in [1.165, 1.54) is 68.7 Å². The molecule has 0 saturated carbocycles. The van der Waals surface area contributed by atoms with Crippen molar-refractivity contribution in [2.24, 2.45) is 5.10 Å². The zero-order chi connectivity index (χ0) is 34.1. The van der Waals surface area contributed by atoms with Crippen LogP contribution in [0.15, 0.2) is 83.5 Å². The summed E-state index contributed by atoms with van der Waals surface area (Å²) in [6.07, 6.45) is 7.28. The molecule has 1 aliphatic rings. The standard InChI is InChI=1S/C33H32N6O8/c1-5-46-32(44)26-24(30(42)38(36-26)22-16-12-20(13-17-22)28(40)34-3)10-8-7-9-11-25-27(33(45)47-6-2)37-39(31(25)43)23-18-14-21(15-19-23)29(41)35-4/h7-19,42H,5-6H2,1-4H3,(H,34,40)(H,35,41). The first-order chi connectivity index (χ1) is 22.6. The summed E-state index contributed by atoms with van der Waals surface area (Å²) in [4.78, 5) is 62.4. The van der Waals surface area contributed by atoms with Crippen LogP contribution in [0.1, 0.15) is 50.6 Å². The molecule has 0 radical (unpaired) electrons. The Hall–Kier alpha value is -6.31. The lowest BCUT2D eigenvalue weighted by atomic mass is 10.1. The monoisotopic (exact) mass is 640 g/mol. The van der Waals surface area contributed by atoms with Crippen LogP contribution in [0.25, 0.3) is 11.8 Å². The van der Waals surface area contributed by atoms with E-state index < -0.39 is 17.8 Å². The van der Waals surface area contributed by atoms with Gasteiger partial charge in [-0.2, -0.15) is 19.9 Å². The number of ether oxygens (including phenoxy) is 2. The molecule has 0 unspecified atom stereocenters. The maximum Gasteiger partial charge on any atom is 0.359 e. The van der Waals surface area contributed by atoms with Gasteiger partial charge in [-0.3, -0.25) is 14.4 Å². The lowest BCUT2D eigenvalue weighted by Crippen LogP contribution is -2.23. The average molecular weight is 641 g/mol. The molecule has 2 heterocycles. The van der Waals surface area contributed by atoms with Crippen LogP contribution < -0.4 is 15.6 Å².